The second-order valence-corrected chi connectivity index (χ2v) is 6.82. The van der Waals surface area contributed by atoms with Gasteiger partial charge in [-0.15, -0.1) is 0 Å². The summed E-state index contributed by atoms with van der Waals surface area (Å²) in [5.74, 6) is -1.19. The van der Waals surface area contributed by atoms with E-state index >= 15 is 0 Å². The van der Waals surface area contributed by atoms with E-state index in [4.69, 9.17) is 5.26 Å². The van der Waals surface area contributed by atoms with Gasteiger partial charge >= 0.3 is 0 Å². The zero-order chi connectivity index (χ0) is 21.3. The number of hydrogen-bond acceptors (Lipinski definition) is 5. The lowest BCUT2D eigenvalue weighted by atomic mass is 10.0. The molecule has 0 saturated heterocycles. The number of nitrogens with zero attached hydrogens (tertiary/aromatic N) is 2. The minimum atomic E-state index is -0.683. The fraction of sp³-hybridized carbons (Fsp3) is 0.0909. The van der Waals surface area contributed by atoms with Gasteiger partial charge in [0.25, 0.3) is 5.91 Å². The lowest BCUT2D eigenvalue weighted by Crippen LogP contribution is -2.50. The van der Waals surface area contributed by atoms with E-state index in [1.807, 2.05) is 0 Å². The number of rotatable bonds is 4. The summed E-state index contributed by atoms with van der Waals surface area (Å²) in [6, 6.07) is 12.4. The summed E-state index contributed by atoms with van der Waals surface area (Å²) in [7, 11) is 0. The average Bonchev–Trinajstić information content (AvgIpc) is 2.73. The van der Waals surface area contributed by atoms with Crippen molar-refractivity contribution in [3.8, 4) is 6.07 Å². The predicted molar refractivity (Wildman–Crippen MR) is 108 cm³/mol. The van der Waals surface area contributed by atoms with Crippen molar-refractivity contribution in [1.29, 1.82) is 5.26 Å². The molecule has 0 radical (unpaired) electrons. The monoisotopic (exact) mass is 405 g/mol. The molecule has 0 atom stereocenters. The van der Waals surface area contributed by atoms with Crippen LogP contribution >= 0.6 is 0 Å². The van der Waals surface area contributed by atoms with Crippen molar-refractivity contribution in [2.45, 2.75) is 6.92 Å². The Morgan fingerprint density at radius 1 is 1.13 bits per heavy atom. The van der Waals surface area contributed by atoms with Gasteiger partial charge in [0.1, 0.15) is 17.5 Å². The second kappa shape index (κ2) is 7.72. The molecule has 2 aliphatic heterocycles. The molecule has 30 heavy (non-hydrogen) atoms. The number of hydrogen-bond donors (Lipinski definition) is 3. The van der Waals surface area contributed by atoms with Crippen molar-refractivity contribution in [2.75, 3.05) is 11.9 Å². The summed E-state index contributed by atoms with van der Waals surface area (Å²) >= 11 is 0. The van der Waals surface area contributed by atoms with Gasteiger partial charge in [-0.3, -0.25) is 10.2 Å². The average molecular weight is 405 g/mol. The third kappa shape index (κ3) is 3.73. The van der Waals surface area contributed by atoms with Crippen molar-refractivity contribution in [1.82, 2.24) is 15.8 Å². The number of anilines is 1. The molecule has 4 rings (SSSR count). The van der Waals surface area contributed by atoms with E-state index in [0.717, 1.165) is 11.8 Å². The molecule has 0 saturated carbocycles. The molecule has 2 aliphatic rings. The fourth-order valence-electron chi connectivity index (χ4n) is 3.22. The summed E-state index contributed by atoms with van der Waals surface area (Å²) in [5, 5.41) is 16.5. The lowest BCUT2D eigenvalue weighted by molar-refractivity contribution is -0.127. The van der Waals surface area contributed by atoms with Gasteiger partial charge in [-0.05, 0) is 49.4 Å². The minimum Gasteiger partial charge on any atom is -0.379 e. The first-order chi connectivity index (χ1) is 14.4. The van der Waals surface area contributed by atoms with Crippen LogP contribution in [0.2, 0.25) is 0 Å². The Balaban J connectivity index is 1.54. The highest BCUT2D eigenvalue weighted by molar-refractivity contribution is 5.92. The first-order valence-corrected chi connectivity index (χ1v) is 9.15. The predicted octanol–water partition coefficient (Wildman–Crippen LogP) is 3.35. The molecule has 150 valence electrons. The third-order valence-electron chi connectivity index (χ3n) is 4.73. The molecule has 2 aromatic rings. The Morgan fingerprint density at radius 3 is 2.60 bits per heavy atom. The molecular weight excluding hydrogens is 388 g/mol. The number of nitriles is 1. The summed E-state index contributed by atoms with van der Waals surface area (Å²) < 4.78 is 27.5. The topological polar surface area (TPSA) is 80.2 Å². The van der Waals surface area contributed by atoms with Gasteiger partial charge in [-0.1, -0.05) is 0 Å². The Labute approximate surface area is 171 Å². The molecule has 2 heterocycles. The number of halogens is 2. The van der Waals surface area contributed by atoms with Gasteiger partial charge in [-0.25, -0.2) is 13.8 Å². The molecule has 0 spiro atoms. The maximum Gasteiger partial charge on any atom is 0.272 e. The zero-order valence-electron chi connectivity index (χ0n) is 16.0. The van der Waals surface area contributed by atoms with Crippen molar-refractivity contribution < 1.29 is 13.6 Å². The SMILES string of the molecule is CC1=C(c2ccc(F)cc2F)C=C2NC(CNc3ccc(C#N)cc3)=CC(=O)N2N1. The Kier molecular flexibility index (Phi) is 4.94. The van der Waals surface area contributed by atoms with Crippen LogP contribution in [0, 0.1) is 23.0 Å². The molecule has 0 fully saturated rings. The highest BCUT2D eigenvalue weighted by atomic mass is 19.1. The first-order valence-electron chi connectivity index (χ1n) is 9.15. The third-order valence-corrected chi connectivity index (χ3v) is 4.73. The van der Waals surface area contributed by atoms with Crippen LogP contribution in [-0.4, -0.2) is 17.5 Å². The molecule has 3 N–H and O–H groups in total. The van der Waals surface area contributed by atoms with Gasteiger partial charge in [0.05, 0.1) is 18.2 Å². The van der Waals surface area contributed by atoms with Crippen LogP contribution in [0.3, 0.4) is 0 Å². The van der Waals surface area contributed by atoms with E-state index in [9.17, 15) is 13.6 Å². The highest BCUT2D eigenvalue weighted by Crippen LogP contribution is 2.29. The number of fused-ring (bicyclic) bond motifs is 1. The quantitative estimate of drug-likeness (QED) is 0.727. The Hall–Kier alpha value is -4.12. The van der Waals surface area contributed by atoms with E-state index in [1.54, 1.807) is 37.3 Å². The van der Waals surface area contributed by atoms with Crippen LogP contribution in [0.1, 0.15) is 18.1 Å². The minimum absolute atomic E-state index is 0.231. The zero-order valence-corrected chi connectivity index (χ0v) is 16.0. The van der Waals surface area contributed by atoms with Gasteiger partial charge in [0.2, 0.25) is 0 Å². The van der Waals surface area contributed by atoms with Crippen LogP contribution in [0.25, 0.3) is 5.57 Å². The van der Waals surface area contributed by atoms with Gasteiger partial charge < -0.3 is 10.6 Å². The number of amides is 1. The molecule has 1 amide bonds. The number of hydrazine groups is 1. The molecular formula is C22H17F2N5O. The summed E-state index contributed by atoms with van der Waals surface area (Å²) in [4.78, 5) is 12.5. The molecule has 8 heteroatoms. The van der Waals surface area contributed by atoms with Crippen molar-refractivity contribution in [2.24, 2.45) is 0 Å². The van der Waals surface area contributed by atoms with Gasteiger partial charge in [-0.2, -0.15) is 5.26 Å². The summed E-state index contributed by atoms with van der Waals surface area (Å²) in [6.45, 7) is 2.05. The number of allylic oxidation sites excluding steroid dienone is 3. The van der Waals surface area contributed by atoms with Crippen molar-refractivity contribution in [3.63, 3.8) is 0 Å². The number of carbonyl (C=O) groups excluding carboxylic acids is 1. The standard InChI is InChI=1S/C22H17F2N5O/c1-13-19(18-7-4-15(23)8-20(18)24)10-21-27-17(9-22(30)29(21)28-13)12-26-16-5-2-14(11-25)3-6-16/h2-10,26-28H,12H2,1H3. The van der Waals surface area contributed by atoms with Crippen molar-refractivity contribution >= 4 is 17.2 Å². The second-order valence-electron chi connectivity index (χ2n) is 6.82. The maximum atomic E-state index is 14.3. The van der Waals surface area contributed by atoms with Crippen molar-refractivity contribution in [3.05, 3.63) is 94.6 Å². The molecule has 2 aromatic carbocycles. The van der Waals surface area contributed by atoms with Crippen LogP contribution in [-0.2, 0) is 4.79 Å². The summed E-state index contributed by atoms with van der Waals surface area (Å²) in [6.07, 6.45) is 3.10. The van der Waals surface area contributed by atoms with Crippen LogP contribution in [0.15, 0.2) is 71.8 Å². The van der Waals surface area contributed by atoms with E-state index in [2.05, 4.69) is 22.1 Å². The largest absolute Gasteiger partial charge is 0.379 e. The lowest BCUT2D eigenvalue weighted by Gasteiger charge is -2.35. The van der Waals surface area contributed by atoms with E-state index in [1.165, 1.54) is 23.2 Å². The first kappa shape index (κ1) is 19.2. The summed E-state index contributed by atoms with van der Waals surface area (Å²) in [5.41, 5.74) is 6.22. The maximum absolute atomic E-state index is 14.3. The van der Waals surface area contributed by atoms with E-state index in [0.29, 0.717) is 34.9 Å². The smallest absolute Gasteiger partial charge is 0.272 e. The molecule has 6 nitrogen and oxygen atoms in total. The fourth-order valence-corrected chi connectivity index (χ4v) is 3.22. The number of benzene rings is 2. The normalized spacial score (nSPS) is 15.4. The highest BCUT2D eigenvalue weighted by Gasteiger charge is 2.28. The van der Waals surface area contributed by atoms with E-state index < -0.39 is 11.6 Å². The van der Waals surface area contributed by atoms with Crippen LogP contribution in [0.5, 0.6) is 0 Å². The van der Waals surface area contributed by atoms with E-state index in [-0.39, 0.29) is 11.5 Å². The van der Waals surface area contributed by atoms with Crippen LogP contribution < -0.4 is 16.1 Å². The molecule has 0 unspecified atom stereocenters. The molecule has 0 aromatic heterocycles. The Bertz CT molecular complexity index is 1160. The van der Waals surface area contributed by atoms with Crippen LogP contribution in [0.4, 0.5) is 14.5 Å². The molecule has 0 aliphatic carbocycles. The van der Waals surface area contributed by atoms with Gasteiger partial charge in [0.15, 0.2) is 0 Å². The number of carbonyl (C=O) groups is 1. The number of nitrogens with one attached hydrogen (secondary N) is 3. The Morgan fingerprint density at radius 2 is 1.90 bits per heavy atom. The molecule has 0 bridgehead atoms. The van der Waals surface area contributed by atoms with Gasteiger partial charge in [0, 0.05) is 40.4 Å².